The van der Waals surface area contributed by atoms with Gasteiger partial charge < -0.3 is 14.2 Å². The van der Waals surface area contributed by atoms with Crippen molar-refractivity contribution in [3.63, 3.8) is 0 Å². The second-order valence-corrected chi connectivity index (χ2v) is 7.77. The van der Waals surface area contributed by atoms with Gasteiger partial charge in [0.15, 0.2) is 5.78 Å². The summed E-state index contributed by atoms with van der Waals surface area (Å²) < 4.78 is 53.1. The molecule has 0 aliphatic carbocycles. The summed E-state index contributed by atoms with van der Waals surface area (Å²) in [6.45, 7) is -1.24. The molecule has 0 aliphatic heterocycles. The fraction of sp³-hybridized carbons (Fsp3) is 0.250. The SMILES string of the molecule is COC(=O)CSC(=O)COCC(=O)c1cc(Oc2ccc(C(F)(F)F)cc2Cl)ccc1[N+](=O)[O-]. The molecule has 0 unspecified atom stereocenters. The Hall–Kier alpha value is -3.16. The van der Waals surface area contributed by atoms with Crippen molar-refractivity contribution in [3.8, 4) is 11.5 Å². The van der Waals surface area contributed by atoms with Crippen LogP contribution < -0.4 is 4.74 Å². The lowest BCUT2D eigenvalue weighted by Crippen LogP contribution is -2.16. The third-order valence-corrected chi connectivity index (χ3v) is 5.10. The predicted octanol–water partition coefficient (Wildman–Crippen LogP) is 4.69. The van der Waals surface area contributed by atoms with Gasteiger partial charge in [-0.2, -0.15) is 13.2 Å². The van der Waals surface area contributed by atoms with Crippen LogP contribution >= 0.6 is 23.4 Å². The smallest absolute Gasteiger partial charge is 0.416 e. The number of rotatable bonds is 10. The zero-order valence-electron chi connectivity index (χ0n) is 17.2. The lowest BCUT2D eigenvalue weighted by Gasteiger charge is -2.12. The van der Waals surface area contributed by atoms with Crippen LogP contribution in [0.4, 0.5) is 18.9 Å². The zero-order valence-corrected chi connectivity index (χ0v) is 18.8. The number of hydrogen-bond donors (Lipinski definition) is 0. The number of esters is 1. The van der Waals surface area contributed by atoms with E-state index in [4.69, 9.17) is 21.1 Å². The number of halogens is 4. The third-order valence-electron chi connectivity index (χ3n) is 3.98. The monoisotopic (exact) mass is 521 g/mol. The Kier molecular flexibility index (Phi) is 9.41. The molecule has 0 aromatic heterocycles. The van der Waals surface area contributed by atoms with Gasteiger partial charge in [0.2, 0.25) is 5.12 Å². The first-order valence-electron chi connectivity index (χ1n) is 9.08. The first kappa shape index (κ1) is 27.1. The zero-order chi connectivity index (χ0) is 25.5. The molecule has 2 aromatic rings. The number of benzene rings is 2. The molecule has 9 nitrogen and oxygen atoms in total. The number of hydrogen-bond acceptors (Lipinski definition) is 9. The minimum atomic E-state index is -4.62. The molecule has 0 spiro atoms. The van der Waals surface area contributed by atoms with Gasteiger partial charge in [0.05, 0.1) is 28.4 Å². The number of nitrogens with zero attached hydrogens (tertiary/aromatic N) is 1. The number of carbonyl (C=O) groups is 3. The Morgan fingerprint density at radius 3 is 2.41 bits per heavy atom. The maximum Gasteiger partial charge on any atom is 0.416 e. The average molecular weight is 522 g/mol. The Bertz CT molecular complexity index is 1110. The maximum absolute atomic E-state index is 12.8. The summed E-state index contributed by atoms with van der Waals surface area (Å²) in [4.78, 5) is 45.6. The van der Waals surface area contributed by atoms with Crippen molar-refractivity contribution < 1.29 is 46.7 Å². The van der Waals surface area contributed by atoms with Crippen LogP contribution in [-0.2, 0) is 25.2 Å². The highest BCUT2D eigenvalue weighted by Crippen LogP contribution is 2.37. The number of nitro groups is 1. The molecule has 0 atom stereocenters. The van der Waals surface area contributed by atoms with E-state index in [2.05, 4.69) is 4.74 Å². The summed E-state index contributed by atoms with van der Waals surface area (Å²) in [7, 11) is 1.15. The van der Waals surface area contributed by atoms with Crippen LogP contribution in [0.5, 0.6) is 11.5 Å². The number of ketones is 1. The largest absolute Gasteiger partial charge is 0.468 e. The topological polar surface area (TPSA) is 122 Å². The molecule has 0 amide bonds. The van der Waals surface area contributed by atoms with Crippen molar-refractivity contribution in [2.75, 3.05) is 26.1 Å². The van der Waals surface area contributed by atoms with Crippen LogP contribution in [0.3, 0.4) is 0 Å². The van der Waals surface area contributed by atoms with Gasteiger partial charge in [-0.25, -0.2) is 0 Å². The lowest BCUT2D eigenvalue weighted by molar-refractivity contribution is -0.385. The van der Waals surface area contributed by atoms with Crippen molar-refractivity contribution in [2.24, 2.45) is 0 Å². The first-order chi connectivity index (χ1) is 15.9. The Morgan fingerprint density at radius 1 is 1.12 bits per heavy atom. The molecule has 2 aromatic carbocycles. The van der Waals surface area contributed by atoms with Crippen molar-refractivity contribution >= 4 is 45.9 Å². The normalized spacial score (nSPS) is 11.1. The Balaban J connectivity index is 2.12. The summed E-state index contributed by atoms with van der Waals surface area (Å²) >= 11 is 6.45. The van der Waals surface area contributed by atoms with E-state index in [1.807, 2.05) is 0 Å². The fourth-order valence-electron chi connectivity index (χ4n) is 2.39. The van der Waals surface area contributed by atoms with Crippen molar-refractivity contribution in [1.29, 1.82) is 0 Å². The molecular weight excluding hydrogens is 507 g/mol. The summed E-state index contributed by atoms with van der Waals surface area (Å²) in [5, 5.41) is 10.3. The Labute approximate surface area is 199 Å². The molecule has 0 heterocycles. The summed E-state index contributed by atoms with van der Waals surface area (Å²) in [6.07, 6.45) is -4.62. The van der Waals surface area contributed by atoms with E-state index in [0.29, 0.717) is 17.8 Å². The van der Waals surface area contributed by atoms with Crippen LogP contribution in [0.15, 0.2) is 36.4 Å². The lowest BCUT2D eigenvalue weighted by atomic mass is 10.1. The van der Waals surface area contributed by atoms with Gasteiger partial charge in [0.25, 0.3) is 5.69 Å². The molecule has 0 fully saturated rings. The summed E-state index contributed by atoms with van der Waals surface area (Å²) in [6, 6.07) is 5.47. The molecule has 0 radical (unpaired) electrons. The number of nitro benzene ring substituents is 1. The van der Waals surface area contributed by atoms with Gasteiger partial charge in [0, 0.05) is 6.07 Å². The molecule has 0 N–H and O–H groups in total. The van der Waals surface area contributed by atoms with Crippen LogP contribution in [0.1, 0.15) is 15.9 Å². The van der Waals surface area contributed by atoms with Crippen LogP contribution in [-0.4, -0.2) is 47.9 Å². The molecule has 0 aliphatic rings. The van der Waals surface area contributed by atoms with E-state index in [0.717, 1.165) is 37.4 Å². The molecule has 182 valence electrons. The van der Waals surface area contributed by atoms with Gasteiger partial charge in [-0.3, -0.25) is 24.5 Å². The fourth-order valence-corrected chi connectivity index (χ4v) is 3.18. The van der Waals surface area contributed by atoms with Gasteiger partial charge in [-0.05, 0) is 30.3 Å². The first-order valence-corrected chi connectivity index (χ1v) is 10.4. The number of methoxy groups -OCH3 is 1. The molecule has 0 bridgehead atoms. The highest BCUT2D eigenvalue weighted by atomic mass is 35.5. The third kappa shape index (κ3) is 7.71. The predicted molar refractivity (Wildman–Crippen MR) is 114 cm³/mol. The number of Topliss-reactive ketones (excluding diaryl/α,β-unsaturated/α-hetero) is 1. The molecule has 14 heteroatoms. The second kappa shape index (κ2) is 11.8. The van der Waals surface area contributed by atoms with E-state index in [-0.39, 0.29) is 22.3 Å². The summed E-state index contributed by atoms with van der Waals surface area (Å²) in [5.74, 6) is -2.02. The standard InChI is InChI=1S/C20H15ClF3NO8S/c1-31-18(27)10-34-19(28)9-32-8-16(26)13-7-12(3-4-15(13)25(29)30)33-17-5-2-11(6-14(17)21)20(22,23)24/h2-7H,8-10H2,1H3. The highest BCUT2D eigenvalue weighted by molar-refractivity contribution is 8.14. The quantitative estimate of drug-likeness (QED) is 0.189. The van der Waals surface area contributed by atoms with Crippen LogP contribution in [0.25, 0.3) is 0 Å². The Morgan fingerprint density at radius 2 is 1.82 bits per heavy atom. The summed E-state index contributed by atoms with van der Waals surface area (Å²) in [5.41, 5.74) is -1.99. The molecule has 2 rings (SSSR count). The van der Waals surface area contributed by atoms with E-state index >= 15 is 0 Å². The molecule has 0 saturated heterocycles. The van der Waals surface area contributed by atoms with Crippen molar-refractivity contribution in [1.82, 2.24) is 0 Å². The maximum atomic E-state index is 12.8. The number of ether oxygens (including phenoxy) is 3. The van der Waals surface area contributed by atoms with Crippen molar-refractivity contribution in [3.05, 3.63) is 62.7 Å². The number of carbonyl (C=O) groups excluding carboxylic acids is 3. The number of thioether (sulfide) groups is 1. The average Bonchev–Trinajstić information content (AvgIpc) is 2.77. The molecule has 0 saturated carbocycles. The minimum absolute atomic E-state index is 0.111. The highest BCUT2D eigenvalue weighted by Gasteiger charge is 2.31. The van der Waals surface area contributed by atoms with E-state index in [1.54, 1.807) is 0 Å². The van der Waals surface area contributed by atoms with Crippen LogP contribution in [0, 0.1) is 10.1 Å². The van der Waals surface area contributed by atoms with Gasteiger partial charge >= 0.3 is 12.1 Å². The molecular formula is C20H15ClF3NO8S. The minimum Gasteiger partial charge on any atom is -0.468 e. The van der Waals surface area contributed by atoms with E-state index in [1.165, 1.54) is 0 Å². The van der Waals surface area contributed by atoms with Gasteiger partial charge in [0.1, 0.15) is 30.3 Å². The van der Waals surface area contributed by atoms with Crippen LogP contribution in [0.2, 0.25) is 5.02 Å². The van der Waals surface area contributed by atoms with E-state index < -0.39 is 58.0 Å². The van der Waals surface area contributed by atoms with Gasteiger partial charge in [-0.15, -0.1) is 0 Å². The molecule has 34 heavy (non-hydrogen) atoms. The van der Waals surface area contributed by atoms with Gasteiger partial charge in [-0.1, -0.05) is 23.4 Å². The second-order valence-electron chi connectivity index (χ2n) is 6.33. The number of alkyl halides is 3. The van der Waals surface area contributed by atoms with E-state index in [9.17, 15) is 37.7 Å². The van der Waals surface area contributed by atoms with Crippen molar-refractivity contribution in [2.45, 2.75) is 6.18 Å².